The van der Waals surface area contributed by atoms with E-state index in [0.717, 1.165) is 36.6 Å². The molecule has 3 heteroatoms. The number of anilines is 2. The SMILES string of the molecule is COc1cccc2c1NCCCN2. The molecule has 0 bridgehead atoms. The van der Waals surface area contributed by atoms with Gasteiger partial charge in [-0.05, 0) is 18.6 Å². The first-order chi connectivity index (χ1) is 6.42. The summed E-state index contributed by atoms with van der Waals surface area (Å²) in [6.45, 7) is 2.02. The maximum atomic E-state index is 5.27. The molecule has 70 valence electrons. The van der Waals surface area contributed by atoms with Crippen LogP contribution in [0.25, 0.3) is 0 Å². The Labute approximate surface area is 78.1 Å². The van der Waals surface area contributed by atoms with E-state index >= 15 is 0 Å². The summed E-state index contributed by atoms with van der Waals surface area (Å²) >= 11 is 0. The molecule has 0 atom stereocenters. The van der Waals surface area contributed by atoms with Crippen LogP contribution >= 0.6 is 0 Å². The second-order valence-corrected chi connectivity index (χ2v) is 3.09. The van der Waals surface area contributed by atoms with Crippen LogP contribution in [0.1, 0.15) is 6.42 Å². The van der Waals surface area contributed by atoms with Gasteiger partial charge < -0.3 is 15.4 Å². The van der Waals surface area contributed by atoms with Gasteiger partial charge in [0, 0.05) is 13.1 Å². The van der Waals surface area contributed by atoms with E-state index in [1.54, 1.807) is 7.11 Å². The highest BCUT2D eigenvalue weighted by Crippen LogP contribution is 2.33. The Kier molecular flexibility index (Phi) is 2.25. The summed E-state index contributed by atoms with van der Waals surface area (Å²) in [5, 5.41) is 6.71. The third-order valence-electron chi connectivity index (χ3n) is 2.22. The molecule has 2 N–H and O–H groups in total. The van der Waals surface area contributed by atoms with Crippen molar-refractivity contribution in [2.75, 3.05) is 30.8 Å². The van der Waals surface area contributed by atoms with Crippen molar-refractivity contribution in [3.05, 3.63) is 18.2 Å². The molecule has 0 saturated carbocycles. The van der Waals surface area contributed by atoms with Crippen molar-refractivity contribution in [2.24, 2.45) is 0 Å². The second-order valence-electron chi connectivity index (χ2n) is 3.09. The summed E-state index contributed by atoms with van der Waals surface area (Å²) in [5.41, 5.74) is 2.22. The van der Waals surface area contributed by atoms with E-state index < -0.39 is 0 Å². The van der Waals surface area contributed by atoms with Crippen LogP contribution in [0.15, 0.2) is 18.2 Å². The number of para-hydroxylation sites is 1. The van der Waals surface area contributed by atoms with Crippen molar-refractivity contribution in [1.29, 1.82) is 0 Å². The number of ether oxygens (including phenoxy) is 1. The van der Waals surface area contributed by atoms with E-state index in [1.807, 2.05) is 12.1 Å². The lowest BCUT2D eigenvalue weighted by atomic mass is 10.2. The highest BCUT2D eigenvalue weighted by Gasteiger charge is 2.10. The normalized spacial score (nSPS) is 14.8. The summed E-state index contributed by atoms with van der Waals surface area (Å²) < 4.78 is 5.27. The van der Waals surface area contributed by atoms with Crippen LogP contribution in [0.3, 0.4) is 0 Å². The highest BCUT2D eigenvalue weighted by atomic mass is 16.5. The molecule has 0 radical (unpaired) electrons. The van der Waals surface area contributed by atoms with Gasteiger partial charge in [0.05, 0.1) is 12.8 Å². The number of hydrogen-bond acceptors (Lipinski definition) is 3. The maximum Gasteiger partial charge on any atom is 0.144 e. The number of benzene rings is 1. The summed E-state index contributed by atoms with van der Waals surface area (Å²) in [6, 6.07) is 6.03. The van der Waals surface area contributed by atoms with Crippen molar-refractivity contribution in [3.8, 4) is 5.75 Å². The summed E-state index contributed by atoms with van der Waals surface area (Å²) in [5.74, 6) is 0.909. The van der Waals surface area contributed by atoms with E-state index in [-0.39, 0.29) is 0 Å². The molecule has 1 heterocycles. The lowest BCUT2D eigenvalue weighted by molar-refractivity contribution is 0.416. The molecule has 3 nitrogen and oxygen atoms in total. The number of rotatable bonds is 1. The fraction of sp³-hybridized carbons (Fsp3) is 0.400. The van der Waals surface area contributed by atoms with Crippen LogP contribution in [-0.2, 0) is 0 Å². The molecule has 1 aromatic carbocycles. The number of methoxy groups -OCH3 is 1. The van der Waals surface area contributed by atoms with Gasteiger partial charge >= 0.3 is 0 Å². The van der Waals surface area contributed by atoms with Crippen LogP contribution < -0.4 is 15.4 Å². The van der Waals surface area contributed by atoms with E-state index in [1.165, 1.54) is 0 Å². The minimum atomic E-state index is 0.909. The highest BCUT2D eigenvalue weighted by molar-refractivity contribution is 5.76. The van der Waals surface area contributed by atoms with Gasteiger partial charge in [0.25, 0.3) is 0 Å². The molecule has 1 aromatic rings. The Hall–Kier alpha value is -1.38. The number of fused-ring (bicyclic) bond motifs is 1. The first-order valence-electron chi connectivity index (χ1n) is 4.56. The van der Waals surface area contributed by atoms with E-state index in [0.29, 0.717) is 0 Å². The molecule has 13 heavy (non-hydrogen) atoms. The molecule has 1 aliphatic heterocycles. The van der Waals surface area contributed by atoms with E-state index in [4.69, 9.17) is 4.74 Å². The fourth-order valence-electron chi connectivity index (χ4n) is 1.56. The zero-order valence-electron chi connectivity index (χ0n) is 7.76. The molecule has 1 aliphatic rings. The zero-order chi connectivity index (χ0) is 9.10. The molecular formula is C10H14N2O. The Morgan fingerprint density at radius 2 is 2.08 bits per heavy atom. The van der Waals surface area contributed by atoms with Crippen LogP contribution in [0.5, 0.6) is 5.75 Å². The Balaban J connectivity index is 2.40. The van der Waals surface area contributed by atoms with Crippen molar-refractivity contribution in [3.63, 3.8) is 0 Å². The van der Waals surface area contributed by atoms with Gasteiger partial charge in [-0.3, -0.25) is 0 Å². The predicted octanol–water partition coefficient (Wildman–Crippen LogP) is 1.92. The topological polar surface area (TPSA) is 33.3 Å². The molecule has 0 fully saturated rings. The van der Waals surface area contributed by atoms with Crippen molar-refractivity contribution >= 4 is 11.4 Å². The molecular weight excluding hydrogens is 164 g/mol. The smallest absolute Gasteiger partial charge is 0.144 e. The van der Waals surface area contributed by atoms with Gasteiger partial charge in [0.1, 0.15) is 11.4 Å². The van der Waals surface area contributed by atoms with Crippen LogP contribution in [0.4, 0.5) is 11.4 Å². The Morgan fingerprint density at radius 3 is 2.92 bits per heavy atom. The van der Waals surface area contributed by atoms with Crippen LogP contribution in [0.2, 0.25) is 0 Å². The summed E-state index contributed by atoms with van der Waals surface area (Å²) in [6.07, 6.45) is 1.14. The number of nitrogens with one attached hydrogen (secondary N) is 2. The molecule has 0 aliphatic carbocycles. The van der Waals surface area contributed by atoms with Gasteiger partial charge in [0.2, 0.25) is 0 Å². The maximum absolute atomic E-state index is 5.27. The van der Waals surface area contributed by atoms with Crippen molar-refractivity contribution in [2.45, 2.75) is 6.42 Å². The third-order valence-corrected chi connectivity index (χ3v) is 2.22. The molecule has 2 rings (SSSR count). The summed E-state index contributed by atoms with van der Waals surface area (Å²) in [4.78, 5) is 0. The van der Waals surface area contributed by atoms with Crippen molar-refractivity contribution < 1.29 is 4.74 Å². The number of hydrogen-bond donors (Lipinski definition) is 2. The molecule has 0 unspecified atom stereocenters. The fourth-order valence-corrected chi connectivity index (χ4v) is 1.56. The Bertz CT molecular complexity index is 299. The third kappa shape index (κ3) is 1.54. The monoisotopic (exact) mass is 178 g/mol. The van der Waals surface area contributed by atoms with E-state index in [9.17, 15) is 0 Å². The standard InChI is InChI=1S/C10H14N2O/c1-13-9-5-2-4-8-10(9)12-7-3-6-11-8/h2,4-5,11-12H,3,6-7H2,1H3. The van der Waals surface area contributed by atoms with Gasteiger partial charge in [-0.25, -0.2) is 0 Å². The van der Waals surface area contributed by atoms with Gasteiger partial charge in [0.15, 0.2) is 0 Å². The quantitative estimate of drug-likeness (QED) is 0.689. The molecule has 0 amide bonds. The first-order valence-corrected chi connectivity index (χ1v) is 4.56. The molecule has 0 spiro atoms. The lowest BCUT2D eigenvalue weighted by Gasteiger charge is -2.12. The van der Waals surface area contributed by atoms with Gasteiger partial charge in [-0.15, -0.1) is 0 Å². The Morgan fingerprint density at radius 1 is 1.23 bits per heavy atom. The van der Waals surface area contributed by atoms with Gasteiger partial charge in [-0.2, -0.15) is 0 Å². The predicted molar refractivity (Wildman–Crippen MR) is 54.6 cm³/mol. The zero-order valence-corrected chi connectivity index (χ0v) is 7.76. The average Bonchev–Trinajstić information content (AvgIpc) is 2.41. The second kappa shape index (κ2) is 3.56. The molecule has 0 saturated heterocycles. The van der Waals surface area contributed by atoms with E-state index in [2.05, 4.69) is 16.7 Å². The summed E-state index contributed by atoms with van der Waals surface area (Å²) in [7, 11) is 1.70. The molecule has 0 aromatic heterocycles. The van der Waals surface area contributed by atoms with Crippen LogP contribution in [-0.4, -0.2) is 20.2 Å². The van der Waals surface area contributed by atoms with Crippen LogP contribution in [0, 0.1) is 0 Å². The average molecular weight is 178 g/mol. The minimum absolute atomic E-state index is 0.909. The minimum Gasteiger partial charge on any atom is -0.495 e. The largest absolute Gasteiger partial charge is 0.495 e. The lowest BCUT2D eigenvalue weighted by Crippen LogP contribution is -2.01. The van der Waals surface area contributed by atoms with Gasteiger partial charge in [-0.1, -0.05) is 6.07 Å². The van der Waals surface area contributed by atoms with Crippen molar-refractivity contribution in [1.82, 2.24) is 0 Å². The first kappa shape index (κ1) is 8.23.